The number of amides is 2. The Kier molecular flexibility index (Phi) is 8.08. The van der Waals surface area contributed by atoms with Crippen LogP contribution in [0.1, 0.15) is 54.6 Å². The van der Waals surface area contributed by atoms with E-state index in [2.05, 4.69) is 33.0 Å². The molecule has 2 atom stereocenters. The number of hydrogen-bond acceptors (Lipinski definition) is 7. The minimum atomic E-state index is -4.70. The van der Waals surface area contributed by atoms with Crippen molar-refractivity contribution in [2.75, 3.05) is 32.8 Å². The van der Waals surface area contributed by atoms with E-state index in [0.717, 1.165) is 21.4 Å². The van der Waals surface area contributed by atoms with E-state index in [1.807, 2.05) is 23.1 Å². The van der Waals surface area contributed by atoms with Crippen LogP contribution in [0.3, 0.4) is 0 Å². The molecule has 4 heterocycles. The molecule has 6 rings (SSSR count). The molecule has 3 aromatic rings. The molecule has 43 heavy (non-hydrogen) atoms. The van der Waals surface area contributed by atoms with Crippen LogP contribution in [0.5, 0.6) is 5.75 Å². The molecular weight excluding hydrogens is 563 g/mol. The van der Waals surface area contributed by atoms with Crippen molar-refractivity contribution in [3.8, 4) is 11.4 Å². The second-order valence-electron chi connectivity index (χ2n) is 11.5. The van der Waals surface area contributed by atoms with Gasteiger partial charge >= 0.3 is 6.18 Å². The van der Waals surface area contributed by atoms with Crippen molar-refractivity contribution < 1.29 is 27.5 Å². The number of benzene rings is 2. The van der Waals surface area contributed by atoms with Crippen LogP contribution in [-0.2, 0) is 28.7 Å². The van der Waals surface area contributed by atoms with E-state index in [4.69, 9.17) is 4.74 Å². The van der Waals surface area contributed by atoms with E-state index in [9.17, 15) is 22.8 Å². The lowest BCUT2D eigenvalue weighted by Gasteiger charge is -2.42. The van der Waals surface area contributed by atoms with Gasteiger partial charge < -0.3 is 19.9 Å². The number of nitrogens with zero attached hydrogens (tertiary/aromatic N) is 6. The van der Waals surface area contributed by atoms with E-state index in [0.29, 0.717) is 70.8 Å². The summed E-state index contributed by atoms with van der Waals surface area (Å²) in [6.07, 6.45) is -2.06. The Balaban J connectivity index is 1.20. The van der Waals surface area contributed by atoms with Gasteiger partial charge in [-0.3, -0.25) is 9.59 Å². The second kappa shape index (κ2) is 11.9. The number of tetrazole rings is 1. The summed E-state index contributed by atoms with van der Waals surface area (Å²) in [6.45, 7) is 4.74. The Hall–Kier alpha value is -4.00. The number of hydrogen-bond donors (Lipinski definition) is 1. The van der Waals surface area contributed by atoms with Crippen LogP contribution in [0.2, 0.25) is 0 Å². The summed E-state index contributed by atoms with van der Waals surface area (Å²) in [6, 6.07) is 13.4. The molecule has 2 fully saturated rings. The maximum atomic E-state index is 13.6. The number of carbonyl (C=O) groups is 2. The zero-order valence-corrected chi connectivity index (χ0v) is 23.9. The van der Waals surface area contributed by atoms with Crippen LogP contribution >= 0.6 is 0 Å². The number of nitrogens with one attached hydrogen (secondary N) is 1. The van der Waals surface area contributed by atoms with Crippen molar-refractivity contribution in [3.05, 3.63) is 65.0 Å². The van der Waals surface area contributed by atoms with Crippen LogP contribution in [-0.4, -0.2) is 80.6 Å². The Morgan fingerprint density at radius 2 is 1.79 bits per heavy atom. The quantitative estimate of drug-likeness (QED) is 0.465. The van der Waals surface area contributed by atoms with E-state index >= 15 is 0 Å². The Labute approximate surface area is 247 Å². The zero-order chi connectivity index (χ0) is 30.1. The zero-order valence-electron chi connectivity index (χ0n) is 23.9. The molecule has 0 spiro atoms. The first-order valence-electron chi connectivity index (χ1n) is 14.7. The van der Waals surface area contributed by atoms with E-state index < -0.39 is 12.0 Å². The van der Waals surface area contributed by atoms with Crippen molar-refractivity contribution in [1.82, 2.24) is 35.3 Å². The summed E-state index contributed by atoms with van der Waals surface area (Å²) < 4.78 is 47.3. The SMILES string of the molecule is CC(=O)N1CCC(C(=O)N2CC[C@H](NCc3cc(-n4nnnc4C(F)(F)F)cc4c3OCC4)[C@H](c3ccccc3)C2)CC1. The monoisotopic (exact) mass is 597 g/mol. The molecule has 0 radical (unpaired) electrons. The molecule has 2 saturated heterocycles. The fourth-order valence-electron chi connectivity index (χ4n) is 6.54. The standard InChI is InChI=1S/C30H34F3N7O3/c1-19(41)38-11-7-21(8-12-38)28(42)39-13-9-26(25(18-39)20-5-3-2-4-6-20)34-17-23-16-24(15-22-10-14-43-27(22)23)40-29(30(31,32)33)35-36-37-40/h2-6,15-16,21,25-26,34H,7-14,17-18H2,1H3/t25-,26-/m0/s1. The van der Waals surface area contributed by atoms with Gasteiger partial charge in [0, 0.05) is 69.5 Å². The molecule has 0 saturated carbocycles. The largest absolute Gasteiger partial charge is 0.493 e. The van der Waals surface area contributed by atoms with Gasteiger partial charge in [-0.1, -0.05) is 30.3 Å². The molecule has 0 aliphatic carbocycles. The first-order valence-corrected chi connectivity index (χ1v) is 14.7. The molecule has 13 heteroatoms. The highest BCUT2D eigenvalue weighted by Crippen LogP contribution is 2.36. The first-order chi connectivity index (χ1) is 20.7. The van der Waals surface area contributed by atoms with Gasteiger partial charge in [0.15, 0.2) is 0 Å². The maximum absolute atomic E-state index is 13.6. The molecule has 2 aromatic carbocycles. The van der Waals surface area contributed by atoms with E-state index in [1.165, 1.54) is 0 Å². The van der Waals surface area contributed by atoms with Crippen molar-refractivity contribution >= 4 is 11.8 Å². The van der Waals surface area contributed by atoms with Crippen molar-refractivity contribution in [2.24, 2.45) is 5.92 Å². The Bertz CT molecular complexity index is 1470. The fraction of sp³-hybridized carbons (Fsp3) is 0.500. The lowest BCUT2D eigenvalue weighted by atomic mass is 9.84. The number of alkyl halides is 3. The van der Waals surface area contributed by atoms with Crippen LogP contribution in [0.4, 0.5) is 13.2 Å². The minimum Gasteiger partial charge on any atom is -0.493 e. The van der Waals surface area contributed by atoms with Crippen LogP contribution in [0.15, 0.2) is 42.5 Å². The minimum absolute atomic E-state index is 0.0182. The van der Waals surface area contributed by atoms with Gasteiger partial charge in [-0.05, 0) is 52.9 Å². The van der Waals surface area contributed by atoms with Crippen molar-refractivity contribution in [3.63, 3.8) is 0 Å². The lowest BCUT2D eigenvalue weighted by Crippen LogP contribution is -2.52. The van der Waals surface area contributed by atoms with Gasteiger partial charge in [-0.2, -0.15) is 17.9 Å². The third-order valence-corrected chi connectivity index (χ3v) is 8.81. The highest BCUT2D eigenvalue weighted by molar-refractivity contribution is 5.80. The first kappa shape index (κ1) is 29.1. The number of aromatic nitrogens is 4. The molecule has 0 bridgehead atoms. The van der Waals surface area contributed by atoms with E-state index in [1.54, 1.807) is 24.0 Å². The third-order valence-electron chi connectivity index (χ3n) is 8.81. The summed E-state index contributed by atoms with van der Waals surface area (Å²) in [4.78, 5) is 29.0. The van der Waals surface area contributed by atoms with Gasteiger partial charge in [0.1, 0.15) is 5.75 Å². The summed E-state index contributed by atoms with van der Waals surface area (Å²) in [5.41, 5.74) is 2.89. The molecule has 0 unspecified atom stereocenters. The topological polar surface area (TPSA) is 105 Å². The molecule has 3 aliphatic rings. The van der Waals surface area contributed by atoms with Crippen LogP contribution in [0, 0.1) is 5.92 Å². The number of piperidine rings is 2. The lowest BCUT2D eigenvalue weighted by molar-refractivity contribution is -0.146. The van der Waals surface area contributed by atoms with E-state index in [-0.39, 0.29) is 35.4 Å². The van der Waals surface area contributed by atoms with Crippen LogP contribution < -0.4 is 10.1 Å². The molecule has 1 aromatic heterocycles. The average molecular weight is 598 g/mol. The number of halogens is 3. The normalized spacial score (nSPS) is 21.0. The van der Waals surface area contributed by atoms with Crippen molar-refractivity contribution in [1.29, 1.82) is 0 Å². The molecular formula is C30H34F3N7O3. The van der Waals surface area contributed by atoms with Crippen molar-refractivity contribution in [2.45, 2.75) is 57.3 Å². The number of likely N-dealkylation sites (tertiary alicyclic amines) is 2. The molecule has 1 N–H and O–H groups in total. The summed E-state index contributed by atoms with van der Waals surface area (Å²) in [5.74, 6) is -0.390. The smallest absolute Gasteiger partial charge is 0.453 e. The van der Waals surface area contributed by atoms with Gasteiger partial charge in [0.25, 0.3) is 5.82 Å². The number of fused-ring (bicyclic) bond motifs is 1. The number of carbonyl (C=O) groups excluding carboxylic acids is 2. The molecule has 10 nitrogen and oxygen atoms in total. The highest BCUT2D eigenvalue weighted by atomic mass is 19.4. The predicted octanol–water partition coefficient (Wildman–Crippen LogP) is 3.35. The van der Waals surface area contributed by atoms with Gasteiger partial charge in [-0.15, -0.1) is 5.10 Å². The number of ether oxygens (including phenoxy) is 1. The molecule has 228 valence electrons. The Morgan fingerprint density at radius 1 is 1.05 bits per heavy atom. The molecule has 2 amide bonds. The second-order valence-corrected chi connectivity index (χ2v) is 11.5. The summed E-state index contributed by atoms with van der Waals surface area (Å²) in [7, 11) is 0. The maximum Gasteiger partial charge on any atom is 0.453 e. The van der Waals surface area contributed by atoms with Gasteiger partial charge in [0.05, 0.1) is 12.3 Å². The van der Waals surface area contributed by atoms with Gasteiger partial charge in [-0.25, -0.2) is 0 Å². The average Bonchev–Trinajstić information content (AvgIpc) is 3.70. The van der Waals surface area contributed by atoms with Crippen LogP contribution in [0.25, 0.3) is 5.69 Å². The van der Waals surface area contributed by atoms with Gasteiger partial charge in [0.2, 0.25) is 11.8 Å². The molecule has 3 aliphatic heterocycles. The fourth-order valence-corrected chi connectivity index (χ4v) is 6.54. The predicted molar refractivity (Wildman–Crippen MR) is 149 cm³/mol. The summed E-state index contributed by atoms with van der Waals surface area (Å²) in [5, 5.41) is 13.7. The third kappa shape index (κ3) is 6.08. The highest BCUT2D eigenvalue weighted by Gasteiger charge is 2.39. The Morgan fingerprint density at radius 3 is 2.51 bits per heavy atom. The summed E-state index contributed by atoms with van der Waals surface area (Å²) >= 11 is 0. The number of rotatable bonds is 6.